The molecular weight excluding hydrogens is 252 g/mol. The number of hydrogen-bond donors (Lipinski definition) is 2. The van der Waals surface area contributed by atoms with E-state index in [1.54, 1.807) is 12.1 Å². The van der Waals surface area contributed by atoms with E-state index in [4.69, 9.17) is 5.11 Å². The highest BCUT2D eigenvalue weighted by molar-refractivity contribution is 5.88. The molecule has 1 aliphatic carbocycles. The molecule has 0 bridgehead atoms. The van der Waals surface area contributed by atoms with Crippen molar-refractivity contribution in [3.05, 3.63) is 23.4 Å². The highest BCUT2D eigenvalue weighted by Crippen LogP contribution is 2.28. The molecule has 2 rings (SSSR count). The standard InChI is InChI=1S/C16H24N2O2/c1-3-14-9-13(16(19)20)10-15(18-14)17-11(2)12-7-5-4-6-8-12/h9-12H,3-8H2,1-2H3,(H,17,18)(H,19,20). The molecule has 0 amide bonds. The molecule has 1 aromatic rings. The third-order valence-electron chi connectivity index (χ3n) is 4.22. The van der Waals surface area contributed by atoms with Gasteiger partial charge in [-0.25, -0.2) is 9.78 Å². The molecule has 4 heteroatoms. The van der Waals surface area contributed by atoms with Crippen LogP contribution in [0.5, 0.6) is 0 Å². The molecule has 0 aromatic carbocycles. The number of carbonyl (C=O) groups is 1. The third-order valence-corrected chi connectivity index (χ3v) is 4.22. The van der Waals surface area contributed by atoms with Crippen molar-refractivity contribution in [2.45, 2.75) is 58.4 Å². The van der Waals surface area contributed by atoms with E-state index in [9.17, 15) is 4.79 Å². The van der Waals surface area contributed by atoms with Crippen LogP contribution in [0.15, 0.2) is 12.1 Å². The maximum absolute atomic E-state index is 11.2. The number of carboxylic acid groups (broad SMARTS) is 1. The normalized spacial score (nSPS) is 17.7. The van der Waals surface area contributed by atoms with E-state index in [1.807, 2.05) is 6.92 Å². The SMILES string of the molecule is CCc1cc(C(=O)O)cc(NC(C)C2CCCCC2)n1. The third kappa shape index (κ3) is 3.71. The van der Waals surface area contributed by atoms with Crippen molar-refractivity contribution in [3.63, 3.8) is 0 Å². The molecule has 1 unspecified atom stereocenters. The van der Waals surface area contributed by atoms with Gasteiger partial charge in [0.2, 0.25) is 0 Å². The molecule has 20 heavy (non-hydrogen) atoms. The number of aryl methyl sites for hydroxylation is 1. The van der Waals surface area contributed by atoms with Gasteiger partial charge in [0.25, 0.3) is 0 Å². The molecule has 0 spiro atoms. The second-order valence-corrected chi connectivity index (χ2v) is 5.72. The minimum atomic E-state index is -0.893. The minimum Gasteiger partial charge on any atom is -0.478 e. The lowest BCUT2D eigenvalue weighted by molar-refractivity contribution is 0.0696. The Kier molecular flexibility index (Phi) is 4.99. The van der Waals surface area contributed by atoms with Crippen molar-refractivity contribution in [2.75, 3.05) is 5.32 Å². The van der Waals surface area contributed by atoms with Gasteiger partial charge in [-0.2, -0.15) is 0 Å². The molecule has 0 radical (unpaired) electrons. The Balaban J connectivity index is 2.11. The number of pyridine rings is 1. The van der Waals surface area contributed by atoms with Crippen LogP contribution >= 0.6 is 0 Å². The summed E-state index contributed by atoms with van der Waals surface area (Å²) in [7, 11) is 0. The highest BCUT2D eigenvalue weighted by Gasteiger charge is 2.20. The zero-order chi connectivity index (χ0) is 14.5. The first-order chi connectivity index (χ1) is 9.60. The van der Waals surface area contributed by atoms with E-state index in [2.05, 4.69) is 17.2 Å². The van der Waals surface area contributed by atoms with Gasteiger partial charge in [-0.1, -0.05) is 26.2 Å². The molecule has 0 saturated heterocycles. The first kappa shape index (κ1) is 14.8. The molecule has 110 valence electrons. The number of hydrogen-bond acceptors (Lipinski definition) is 3. The second kappa shape index (κ2) is 6.73. The predicted octanol–water partition coefficient (Wildman–Crippen LogP) is 3.72. The lowest BCUT2D eigenvalue weighted by Crippen LogP contribution is -2.28. The Labute approximate surface area is 120 Å². The first-order valence-corrected chi connectivity index (χ1v) is 7.61. The van der Waals surface area contributed by atoms with Crippen LogP contribution in [-0.4, -0.2) is 22.1 Å². The van der Waals surface area contributed by atoms with Gasteiger partial charge in [0.05, 0.1) is 5.56 Å². The fourth-order valence-electron chi connectivity index (χ4n) is 2.95. The fourth-order valence-corrected chi connectivity index (χ4v) is 2.95. The van der Waals surface area contributed by atoms with Crippen LogP contribution in [0.2, 0.25) is 0 Å². The van der Waals surface area contributed by atoms with Gasteiger partial charge < -0.3 is 10.4 Å². The summed E-state index contributed by atoms with van der Waals surface area (Å²) in [6.45, 7) is 4.17. The second-order valence-electron chi connectivity index (χ2n) is 5.72. The van der Waals surface area contributed by atoms with Crippen LogP contribution in [0.25, 0.3) is 0 Å². The van der Waals surface area contributed by atoms with Crippen molar-refractivity contribution in [2.24, 2.45) is 5.92 Å². The van der Waals surface area contributed by atoms with Crippen molar-refractivity contribution in [1.29, 1.82) is 0 Å². The molecule has 1 fully saturated rings. The van der Waals surface area contributed by atoms with Gasteiger partial charge in [-0.3, -0.25) is 0 Å². The Bertz CT molecular complexity index is 468. The van der Waals surface area contributed by atoms with Gasteiger partial charge in [0.1, 0.15) is 5.82 Å². The van der Waals surface area contributed by atoms with Crippen LogP contribution in [-0.2, 0) is 6.42 Å². The van der Waals surface area contributed by atoms with E-state index >= 15 is 0 Å². The lowest BCUT2D eigenvalue weighted by atomic mass is 9.84. The molecule has 2 N–H and O–H groups in total. The van der Waals surface area contributed by atoms with E-state index in [1.165, 1.54) is 32.1 Å². The Hall–Kier alpha value is -1.58. The van der Waals surface area contributed by atoms with E-state index < -0.39 is 5.97 Å². The number of carboxylic acids is 1. The topological polar surface area (TPSA) is 62.2 Å². The van der Waals surface area contributed by atoms with E-state index in [-0.39, 0.29) is 0 Å². The maximum Gasteiger partial charge on any atom is 0.335 e. The predicted molar refractivity (Wildman–Crippen MR) is 80.2 cm³/mol. The number of aromatic nitrogens is 1. The number of nitrogens with zero attached hydrogens (tertiary/aromatic N) is 1. The summed E-state index contributed by atoms with van der Waals surface area (Å²) in [5, 5.41) is 12.6. The fraction of sp³-hybridized carbons (Fsp3) is 0.625. The first-order valence-electron chi connectivity index (χ1n) is 7.61. The molecular formula is C16H24N2O2. The molecule has 1 atom stereocenters. The summed E-state index contributed by atoms with van der Waals surface area (Å²) in [6.07, 6.45) is 7.21. The van der Waals surface area contributed by atoms with E-state index in [0.29, 0.717) is 23.3 Å². The zero-order valence-corrected chi connectivity index (χ0v) is 12.4. The lowest BCUT2D eigenvalue weighted by Gasteiger charge is -2.28. The van der Waals surface area contributed by atoms with E-state index in [0.717, 1.165) is 12.1 Å². The largest absolute Gasteiger partial charge is 0.478 e. The van der Waals surface area contributed by atoms with Crippen molar-refractivity contribution in [3.8, 4) is 0 Å². The summed E-state index contributed by atoms with van der Waals surface area (Å²) in [5.74, 6) is 0.472. The smallest absolute Gasteiger partial charge is 0.335 e. The van der Waals surface area contributed by atoms with Crippen LogP contribution in [0.4, 0.5) is 5.82 Å². The monoisotopic (exact) mass is 276 g/mol. The van der Waals surface area contributed by atoms with Crippen molar-refractivity contribution < 1.29 is 9.90 Å². The molecule has 1 aliphatic rings. The van der Waals surface area contributed by atoms with Crippen LogP contribution in [0.1, 0.15) is 62.0 Å². The summed E-state index contributed by atoms with van der Waals surface area (Å²) < 4.78 is 0. The maximum atomic E-state index is 11.2. The Morgan fingerprint density at radius 2 is 2.10 bits per heavy atom. The average Bonchev–Trinajstić information content (AvgIpc) is 2.47. The van der Waals surface area contributed by atoms with Crippen LogP contribution in [0.3, 0.4) is 0 Å². The highest BCUT2D eigenvalue weighted by atomic mass is 16.4. The van der Waals surface area contributed by atoms with Crippen LogP contribution < -0.4 is 5.32 Å². The summed E-state index contributed by atoms with van der Waals surface area (Å²) in [4.78, 5) is 15.6. The summed E-state index contributed by atoms with van der Waals surface area (Å²) >= 11 is 0. The quantitative estimate of drug-likeness (QED) is 0.860. The van der Waals surface area contributed by atoms with Gasteiger partial charge in [-0.15, -0.1) is 0 Å². The number of aromatic carboxylic acids is 1. The van der Waals surface area contributed by atoms with Gasteiger partial charge in [0.15, 0.2) is 0 Å². The van der Waals surface area contributed by atoms with Crippen molar-refractivity contribution >= 4 is 11.8 Å². The molecule has 1 heterocycles. The number of anilines is 1. The minimum absolute atomic E-state index is 0.315. The summed E-state index contributed by atoms with van der Waals surface area (Å²) in [6, 6.07) is 3.64. The molecule has 4 nitrogen and oxygen atoms in total. The Morgan fingerprint density at radius 1 is 1.40 bits per heavy atom. The Morgan fingerprint density at radius 3 is 2.70 bits per heavy atom. The number of rotatable bonds is 5. The number of nitrogens with one attached hydrogen (secondary N) is 1. The molecule has 1 aromatic heterocycles. The van der Waals surface area contributed by atoms with Gasteiger partial charge >= 0.3 is 5.97 Å². The van der Waals surface area contributed by atoms with Crippen molar-refractivity contribution in [1.82, 2.24) is 4.98 Å². The van der Waals surface area contributed by atoms with Crippen LogP contribution in [0, 0.1) is 5.92 Å². The van der Waals surface area contributed by atoms with Gasteiger partial charge in [0, 0.05) is 11.7 Å². The zero-order valence-electron chi connectivity index (χ0n) is 12.4. The molecule has 1 saturated carbocycles. The summed E-state index contributed by atoms with van der Waals surface area (Å²) in [5.41, 5.74) is 1.14. The average molecular weight is 276 g/mol. The van der Waals surface area contributed by atoms with Gasteiger partial charge in [-0.05, 0) is 44.2 Å². The molecule has 0 aliphatic heterocycles.